The molecule has 27 heavy (non-hydrogen) atoms. The van der Waals surface area contributed by atoms with Crippen LogP contribution in [0.1, 0.15) is 31.2 Å². The van der Waals surface area contributed by atoms with E-state index in [-0.39, 0.29) is 17.5 Å². The average molecular weight is 387 g/mol. The molecule has 3 aromatic rings. The van der Waals surface area contributed by atoms with Crippen LogP contribution in [0.4, 0.5) is 10.9 Å². The molecular weight excluding hydrogens is 366 g/mol. The molecule has 1 aliphatic heterocycles. The number of aryl methyl sites for hydroxylation is 3. The van der Waals surface area contributed by atoms with Crippen molar-refractivity contribution in [1.29, 1.82) is 0 Å². The van der Waals surface area contributed by atoms with Crippen molar-refractivity contribution in [3.8, 4) is 0 Å². The molecule has 1 atom stereocenters. The van der Waals surface area contributed by atoms with E-state index in [9.17, 15) is 9.59 Å². The summed E-state index contributed by atoms with van der Waals surface area (Å²) >= 11 is 1.29. The van der Waals surface area contributed by atoms with E-state index in [2.05, 4.69) is 20.5 Å². The van der Waals surface area contributed by atoms with Crippen molar-refractivity contribution >= 4 is 33.2 Å². The van der Waals surface area contributed by atoms with Crippen LogP contribution < -0.4 is 15.8 Å². The topological polar surface area (TPSA) is 97.4 Å². The Bertz CT molecular complexity index is 1070. The first-order chi connectivity index (χ1) is 13.0. The van der Waals surface area contributed by atoms with Gasteiger partial charge in [-0.05, 0) is 19.8 Å². The Hall–Kier alpha value is -2.75. The Balaban J connectivity index is 1.56. The molecule has 0 saturated carbocycles. The normalized spacial score (nSPS) is 17.2. The molecule has 4 heterocycles. The first-order valence-corrected chi connectivity index (χ1v) is 9.76. The van der Waals surface area contributed by atoms with Gasteiger partial charge in [0.1, 0.15) is 11.9 Å². The number of fused-ring (bicyclic) bond motifs is 1. The lowest BCUT2D eigenvalue weighted by Crippen LogP contribution is -2.34. The van der Waals surface area contributed by atoms with Gasteiger partial charge in [0.05, 0.1) is 5.69 Å². The number of aromatic nitrogens is 5. The van der Waals surface area contributed by atoms with E-state index >= 15 is 0 Å². The van der Waals surface area contributed by atoms with Crippen LogP contribution >= 0.6 is 11.3 Å². The van der Waals surface area contributed by atoms with Gasteiger partial charge >= 0.3 is 0 Å². The predicted molar refractivity (Wildman–Crippen MR) is 103 cm³/mol. The van der Waals surface area contributed by atoms with Gasteiger partial charge in [0.2, 0.25) is 10.1 Å². The molecule has 1 amide bonds. The van der Waals surface area contributed by atoms with Crippen LogP contribution in [-0.4, -0.2) is 42.9 Å². The summed E-state index contributed by atoms with van der Waals surface area (Å²) in [7, 11) is 1.83. The zero-order chi connectivity index (χ0) is 19.1. The van der Waals surface area contributed by atoms with Gasteiger partial charge in [-0.3, -0.25) is 19.2 Å². The third-order valence-electron chi connectivity index (χ3n) is 4.56. The lowest BCUT2D eigenvalue weighted by atomic mass is 10.2. The highest BCUT2D eigenvalue weighted by atomic mass is 32.1. The summed E-state index contributed by atoms with van der Waals surface area (Å²) in [4.78, 5) is 31.8. The molecule has 1 fully saturated rings. The number of hydrogen-bond acceptors (Lipinski definition) is 7. The molecule has 3 aromatic heterocycles. The number of carbonyl (C=O) groups excluding carboxylic acids is 1. The molecule has 1 N–H and O–H groups in total. The summed E-state index contributed by atoms with van der Waals surface area (Å²) in [6.07, 6.45) is 2.33. The molecule has 0 aromatic carbocycles. The number of anilines is 2. The summed E-state index contributed by atoms with van der Waals surface area (Å²) < 4.78 is 3.00. The summed E-state index contributed by atoms with van der Waals surface area (Å²) in [5, 5.41) is 12.3. The van der Waals surface area contributed by atoms with Crippen LogP contribution in [-0.2, 0) is 18.3 Å². The molecule has 10 heteroatoms. The van der Waals surface area contributed by atoms with E-state index in [0.717, 1.165) is 30.0 Å². The van der Waals surface area contributed by atoms with Crippen LogP contribution in [0.5, 0.6) is 0 Å². The quantitative estimate of drug-likeness (QED) is 0.710. The highest BCUT2D eigenvalue weighted by Crippen LogP contribution is 2.25. The maximum absolute atomic E-state index is 12.8. The second-order valence-electron chi connectivity index (χ2n) is 6.68. The van der Waals surface area contributed by atoms with E-state index in [1.165, 1.54) is 21.9 Å². The number of rotatable bonds is 5. The number of amides is 1. The highest BCUT2D eigenvalue weighted by molar-refractivity contribution is 7.20. The minimum Gasteiger partial charge on any atom is -0.348 e. The van der Waals surface area contributed by atoms with Gasteiger partial charge in [-0.15, -0.1) is 5.10 Å². The fourth-order valence-corrected chi connectivity index (χ4v) is 4.22. The van der Waals surface area contributed by atoms with Crippen molar-refractivity contribution in [3.63, 3.8) is 0 Å². The molecule has 1 unspecified atom stereocenters. The van der Waals surface area contributed by atoms with Crippen molar-refractivity contribution in [2.45, 2.75) is 39.2 Å². The molecule has 1 saturated heterocycles. The molecule has 9 nitrogen and oxygen atoms in total. The van der Waals surface area contributed by atoms with Crippen molar-refractivity contribution < 1.29 is 4.79 Å². The van der Waals surface area contributed by atoms with E-state index in [1.807, 2.05) is 27.0 Å². The largest absolute Gasteiger partial charge is 0.348 e. The van der Waals surface area contributed by atoms with Crippen LogP contribution in [0, 0.1) is 6.92 Å². The van der Waals surface area contributed by atoms with Gasteiger partial charge in [-0.2, -0.15) is 9.61 Å². The predicted octanol–water partition coefficient (Wildman–Crippen LogP) is 1.36. The maximum atomic E-state index is 12.8. The monoisotopic (exact) mass is 387 g/mol. The Labute approximate surface area is 159 Å². The molecule has 1 aliphatic rings. The summed E-state index contributed by atoms with van der Waals surface area (Å²) in [6, 6.07) is 3.04. The second kappa shape index (κ2) is 6.76. The van der Waals surface area contributed by atoms with Gasteiger partial charge in [-0.1, -0.05) is 24.7 Å². The van der Waals surface area contributed by atoms with Gasteiger partial charge in [0.25, 0.3) is 11.5 Å². The zero-order valence-electron chi connectivity index (χ0n) is 15.5. The first kappa shape index (κ1) is 17.7. The number of hydrogen-bond donors (Lipinski definition) is 1. The summed E-state index contributed by atoms with van der Waals surface area (Å²) in [5.74, 6) is 0.762. The zero-order valence-corrected chi connectivity index (χ0v) is 16.3. The summed E-state index contributed by atoms with van der Waals surface area (Å²) in [6.45, 7) is 4.56. The van der Waals surface area contributed by atoms with Gasteiger partial charge in [-0.25, -0.2) is 4.98 Å². The highest BCUT2D eigenvalue weighted by Gasteiger charge is 2.34. The fourth-order valence-electron chi connectivity index (χ4n) is 3.34. The van der Waals surface area contributed by atoms with Gasteiger partial charge in [0, 0.05) is 31.4 Å². The Morgan fingerprint density at radius 1 is 1.30 bits per heavy atom. The molecule has 0 bridgehead atoms. The minimum atomic E-state index is -0.383. The van der Waals surface area contributed by atoms with Crippen LogP contribution in [0.3, 0.4) is 0 Å². The minimum absolute atomic E-state index is 0.0239. The maximum Gasteiger partial charge on any atom is 0.275 e. The smallest absolute Gasteiger partial charge is 0.275 e. The van der Waals surface area contributed by atoms with Crippen LogP contribution in [0.25, 0.3) is 4.96 Å². The van der Waals surface area contributed by atoms with Crippen molar-refractivity contribution in [3.05, 3.63) is 33.9 Å². The molecule has 0 radical (unpaired) electrons. The molecule has 0 spiro atoms. The van der Waals surface area contributed by atoms with Crippen LogP contribution in [0.2, 0.25) is 0 Å². The first-order valence-electron chi connectivity index (χ1n) is 8.94. The third-order valence-corrected chi connectivity index (χ3v) is 5.40. The lowest BCUT2D eigenvalue weighted by molar-refractivity contribution is -0.117. The van der Waals surface area contributed by atoms with Crippen molar-refractivity contribution in [2.75, 3.05) is 16.8 Å². The standard InChI is InChI=1S/C17H21N7O2S/c1-4-5-11-9-14(25)24-17(18-11)27-16(21-24)19-12-6-7-23(15(12)26)13-8-10(2)20-22(13)3/h8-9,12H,4-7H2,1-3H3,(H,19,21). The number of carbonyl (C=O) groups is 1. The average Bonchev–Trinajstić information content (AvgIpc) is 3.27. The molecular formula is C17H21N7O2S. The molecule has 142 valence electrons. The Kier molecular flexibility index (Phi) is 4.42. The Morgan fingerprint density at radius 2 is 2.11 bits per heavy atom. The molecule has 0 aliphatic carbocycles. The van der Waals surface area contributed by atoms with Crippen molar-refractivity contribution in [1.82, 2.24) is 24.4 Å². The second-order valence-corrected chi connectivity index (χ2v) is 7.64. The fraction of sp³-hybridized carbons (Fsp3) is 0.471. The SMILES string of the molecule is CCCc1cc(=O)n2nc(NC3CCN(c4cc(C)nn4C)C3=O)sc2n1. The Morgan fingerprint density at radius 3 is 2.81 bits per heavy atom. The van der Waals surface area contributed by atoms with Crippen molar-refractivity contribution in [2.24, 2.45) is 7.05 Å². The number of nitrogens with one attached hydrogen (secondary N) is 1. The van der Waals surface area contributed by atoms with Gasteiger partial charge < -0.3 is 5.32 Å². The van der Waals surface area contributed by atoms with E-state index in [1.54, 1.807) is 9.58 Å². The van der Waals surface area contributed by atoms with E-state index in [4.69, 9.17) is 0 Å². The number of nitrogens with zero attached hydrogens (tertiary/aromatic N) is 6. The lowest BCUT2D eigenvalue weighted by Gasteiger charge is -2.16. The van der Waals surface area contributed by atoms with E-state index < -0.39 is 0 Å². The molecule has 4 rings (SSSR count). The van der Waals surface area contributed by atoms with Gasteiger partial charge in [0.15, 0.2) is 0 Å². The summed E-state index contributed by atoms with van der Waals surface area (Å²) in [5.41, 5.74) is 1.45. The van der Waals surface area contributed by atoms with E-state index in [0.29, 0.717) is 23.1 Å². The third kappa shape index (κ3) is 3.20. The van der Waals surface area contributed by atoms with Crippen LogP contribution in [0.15, 0.2) is 16.9 Å².